The Morgan fingerprint density at radius 3 is 2.63 bits per heavy atom. The quantitative estimate of drug-likeness (QED) is 0.340. The molecule has 30 heavy (non-hydrogen) atoms. The summed E-state index contributed by atoms with van der Waals surface area (Å²) in [6.45, 7) is 1.79. The minimum Gasteiger partial charge on any atom is -0.595 e. The van der Waals surface area contributed by atoms with Gasteiger partial charge in [-0.1, -0.05) is 0 Å². The van der Waals surface area contributed by atoms with Gasteiger partial charge in [-0.3, -0.25) is 4.79 Å². The molecule has 1 heterocycles. The van der Waals surface area contributed by atoms with Crippen LogP contribution >= 0.6 is 0 Å². The molecule has 0 saturated carbocycles. The number of hydrogen-bond acceptors (Lipinski definition) is 8. The normalized spacial score (nSPS) is 11.9. The number of ether oxygens (including phenoxy) is 3. The van der Waals surface area contributed by atoms with Gasteiger partial charge in [0.25, 0.3) is 0 Å². The Morgan fingerprint density at radius 2 is 1.97 bits per heavy atom. The Balaban J connectivity index is 1.88. The summed E-state index contributed by atoms with van der Waals surface area (Å²) in [4.78, 5) is 23.8. The minimum atomic E-state index is -1.05. The third-order valence-corrected chi connectivity index (χ3v) is 4.73. The van der Waals surface area contributed by atoms with Crippen LogP contribution in [0, 0.1) is 12.1 Å². The van der Waals surface area contributed by atoms with Gasteiger partial charge in [0, 0.05) is 29.1 Å². The number of benzene rings is 2. The molecule has 3 aromatic rings. The molecule has 0 aliphatic rings. The lowest BCUT2D eigenvalue weighted by molar-refractivity contribution is -0.991. The first-order valence-electron chi connectivity index (χ1n) is 9.00. The van der Waals surface area contributed by atoms with Crippen molar-refractivity contribution in [1.82, 2.24) is 0 Å². The summed E-state index contributed by atoms with van der Waals surface area (Å²) in [5.41, 5.74) is 1.26. The van der Waals surface area contributed by atoms with E-state index in [0.717, 1.165) is 0 Å². The number of esters is 1. The molecule has 158 valence electrons. The lowest BCUT2D eigenvalue weighted by Crippen LogP contribution is -2.99. The van der Waals surface area contributed by atoms with Crippen LogP contribution < -0.4 is 20.3 Å². The number of quaternary nitrogens is 1. The number of rotatable bonds is 7. The molecule has 1 aromatic heterocycles. The summed E-state index contributed by atoms with van der Waals surface area (Å²) in [5.74, 6) is 0.395. The van der Waals surface area contributed by atoms with Crippen molar-refractivity contribution < 1.29 is 33.9 Å². The van der Waals surface area contributed by atoms with Crippen LogP contribution in [0.25, 0.3) is 11.0 Å². The van der Waals surface area contributed by atoms with Gasteiger partial charge in [-0.15, -0.1) is 0 Å². The zero-order valence-electron chi connectivity index (χ0n) is 16.7. The fourth-order valence-electron chi connectivity index (χ4n) is 3.07. The number of nitrogens with one attached hydrogen (secondary N) is 1. The maximum atomic E-state index is 12.3. The summed E-state index contributed by atoms with van der Waals surface area (Å²) >= 11 is 0. The smallest absolute Gasteiger partial charge is 0.340 e. The Bertz CT molecular complexity index is 1140. The van der Waals surface area contributed by atoms with E-state index in [2.05, 4.69) is 4.74 Å². The van der Waals surface area contributed by atoms with E-state index in [9.17, 15) is 14.8 Å². The second kappa shape index (κ2) is 8.95. The molecule has 0 aliphatic heterocycles. The van der Waals surface area contributed by atoms with E-state index in [4.69, 9.17) is 19.1 Å². The molecular formula is C21H21NO8. The Morgan fingerprint density at radius 1 is 1.20 bits per heavy atom. The standard InChI is InChI=1S/C21H21NO8/c1-12-16-6-5-15(9-19(16)30-21(24)17(12)10-20(23)28-3)29-11-13-8-14(22(25)26)4-7-18(13)27-2/h4-9,22,25H,10-11H2,1-3H3. The van der Waals surface area contributed by atoms with E-state index in [1.807, 2.05) is 0 Å². The molecule has 9 nitrogen and oxygen atoms in total. The zero-order chi connectivity index (χ0) is 21.8. The summed E-state index contributed by atoms with van der Waals surface area (Å²) in [5, 5.41) is 20.0. The second-order valence-electron chi connectivity index (χ2n) is 6.52. The average molecular weight is 415 g/mol. The van der Waals surface area contributed by atoms with E-state index in [1.54, 1.807) is 31.2 Å². The number of carbonyl (C=O) groups is 1. The first-order valence-corrected chi connectivity index (χ1v) is 9.00. The predicted molar refractivity (Wildman–Crippen MR) is 106 cm³/mol. The van der Waals surface area contributed by atoms with Crippen LogP contribution in [0.2, 0.25) is 0 Å². The molecule has 9 heteroatoms. The van der Waals surface area contributed by atoms with Crippen molar-refractivity contribution in [3.05, 3.63) is 68.7 Å². The molecule has 2 aromatic carbocycles. The van der Waals surface area contributed by atoms with Gasteiger partial charge in [0.15, 0.2) is 5.69 Å². The molecule has 0 aliphatic carbocycles. The first kappa shape index (κ1) is 21.3. The van der Waals surface area contributed by atoms with Gasteiger partial charge in [0.05, 0.1) is 26.2 Å². The van der Waals surface area contributed by atoms with Crippen LogP contribution in [0.1, 0.15) is 16.7 Å². The third-order valence-electron chi connectivity index (χ3n) is 4.73. The lowest BCUT2D eigenvalue weighted by Gasteiger charge is -2.15. The number of carbonyl (C=O) groups excluding carboxylic acids is 1. The van der Waals surface area contributed by atoms with Crippen LogP contribution in [0.3, 0.4) is 0 Å². The van der Waals surface area contributed by atoms with Gasteiger partial charge in [-0.25, -0.2) is 10.0 Å². The zero-order valence-corrected chi connectivity index (χ0v) is 16.7. The van der Waals surface area contributed by atoms with Gasteiger partial charge in [-0.05, 0) is 30.7 Å². The molecule has 1 unspecified atom stereocenters. The Hall–Kier alpha value is -3.40. The van der Waals surface area contributed by atoms with E-state index in [0.29, 0.717) is 33.6 Å². The highest BCUT2D eigenvalue weighted by Crippen LogP contribution is 2.27. The van der Waals surface area contributed by atoms with Crippen molar-refractivity contribution in [2.45, 2.75) is 20.0 Å². The van der Waals surface area contributed by atoms with E-state index >= 15 is 0 Å². The number of hydrogen-bond donors (Lipinski definition) is 2. The van der Waals surface area contributed by atoms with Crippen LogP contribution in [0.15, 0.2) is 45.6 Å². The Kier molecular flexibility index (Phi) is 6.36. The average Bonchev–Trinajstić information content (AvgIpc) is 2.74. The second-order valence-corrected chi connectivity index (χ2v) is 6.52. The van der Waals surface area contributed by atoms with Crippen LogP contribution in [-0.4, -0.2) is 25.4 Å². The van der Waals surface area contributed by atoms with Crippen molar-refractivity contribution in [3.8, 4) is 11.5 Å². The fraction of sp³-hybridized carbons (Fsp3) is 0.238. The first-order chi connectivity index (χ1) is 14.3. The summed E-state index contributed by atoms with van der Waals surface area (Å²) < 4.78 is 21.0. The number of fused-ring (bicyclic) bond motifs is 1. The van der Waals surface area contributed by atoms with Gasteiger partial charge >= 0.3 is 11.6 Å². The fourth-order valence-corrected chi connectivity index (χ4v) is 3.07. The van der Waals surface area contributed by atoms with E-state index < -0.39 is 16.8 Å². The van der Waals surface area contributed by atoms with Gasteiger partial charge in [-0.2, -0.15) is 5.23 Å². The van der Waals surface area contributed by atoms with E-state index in [-0.39, 0.29) is 24.3 Å². The monoisotopic (exact) mass is 415 g/mol. The maximum absolute atomic E-state index is 12.3. The largest absolute Gasteiger partial charge is 0.595 e. The highest BCUT2D eigenvalue weighted by Gasteiger charge is 2.16. The molecule has 0 spiro atoms. The van der Waals surface area contributed by atoms with Crippen LogP contribution in [0.4, 0.5) is 5.69 Å². The van der Waals surface area contributed by atoms with E-state index in [1.165, 1.54) is 26.4 Å². The van der Waals surface area contributed by atoms with Gasteiger partial charge < -0.3 is 23.8 Å². The highest BCUT2D eigenvalue weighted by molar-refractivity contribution is 5.84. The van der Waals surface area contributed by atoms with Crippen molar-refractivity contribution in [2.24, 2.45) is 0 Å². The SMILES string of the molecule is COC(=O)Cc1c(C)c2ccc(OCc3cc([NH+]([O-])O)ccc3OC)cc2oc1=O. The van der Waals surface area contributed by atoms with Crippen molar-refractivity contribution >= 4 is 22.6 Å². The molecule has 1 atom stereocenters. The minimum absolute atomic E-state index is 0.0550. The molecule has 0 amide bonds. The third kappa shape index (κ3) is 4.43. The molecule has 3 rings (SSSR count). The topological polar surface area (TPSA) is 123 Å². The highest BCUT2D eigenvalue weighted by atomic mass is 16.8. The number of methoxy groups -OCH3 is 2. The van der Waals surface area contributed by atoms with Gasteiger partial charge in [0.2, 0.25) is 0 Å². The summed E-state index contributed by atoms with van der Waals surface area (Å²) in [6, 6.07) is 9.49. The molecular weight excluding hydrogens is 394 g/mol. The molecule has 2 N–H and O–H groups in total. The van der Waals surface area contributed by atoms with Gasteiger partial charge in [0.1, 0.15) is 23.7 Å². The molecule has 0 bridgehead atoms. The van der Waals surface area contributed by atoms with Crippen molar-refractivity contribution in [3.63, 3.8) is 0 Å². The molecule has 0 radical (unpaired) electrons. The lowest BCUT2D eigenvalue weighted by atomic mass is 10.0. The molecule has 0 saturated heterocycles. The van der Waals surface area contributed by atoms with Crippen LogP contribution in [-0.2, 0) is 22.6 Å². The van der Waals surface area contributed by atoms with Crippen LogP contribution in [0.5, 0.6) is 11.5 Å². The van der Waals surface area contributed by atoms with Crippen molar-refractivity contribution in [1.29, 1.82) is 0 Å². The summed E-state index contributed by atoms with van der Waals surface area (Å²) in [6.07, 6.45) is -0.168. The Labute approximate surface area is 171 Å². The predicted octanol–water partition coefficient (Wildman–Crippen LogP) is 1.81. The summed E-state index contributed by atoms with van der Waals surface area (Å²) in [7, 11) is 2.74. The maximum Gasteiger partial charge on any atom is 0.340 e. The molecule has 0 fully saturated rings. The van der Waals surface area contributed by atoms with Crippen molar-refractivity contribution in [2.75, 3.05) is 14.2 Å². The number of aryl methyl sites for hydroxylation is 1.